The zero-order valence-corrected chi connectivity index (χ0v) is 92.8. The summed E-state index contributed by atoms with van der Waals surface area (Å²) < 4.78 is 34.4. The lowest BCUT2D eigenvalue weighted by Crippen LogP contribution is -2.41. The molecular weight excluding hydrogens is 2120 g/mol. The third-order valence-corrected chi connectivity index (χ3v) is 30.6. The second-order valence-electron chi connectivity index (χ2n) is 42.9. The van der Waals surface area contributed by atoms with Crippen molar-refractivity contribution >= 4 is 138 Å². The van der Waals surface area contributed by atoms with Crippen molar-refractivity contribution in [3.05, 3.63) is 305 Å². The van der Waals surface area contributed by atoms with E-state index in [2.05, 4.69) is 256 Å². The Balaban J connectivity index is 0.000000132. The number of fused-ring (bicyclic) bond motifs is 10. The number of esters is 3. The Morgan fingerprint density at radius 3 is 1.22 bits per heavy atom. The molecule has 12 aromatic rings. The Kier molecular flexibility index (Phi) is 37.5. The number of aromatic amines is 2. The van der Waals surface area contributed by atoms with Crippen molar-refractivity contribution in [2.24, 2.45) is 16.6 Å². The number of H-pyrrole nitrogens is 2. The summed E-state index contributed by atoms with van der Waals surface area (Å²) >= 11 is 17.3. The van der Waals surface area contributed by atoms with E-state index >= 15 is 0 Å². The molecule has 0 spiro atoms. The number of Topliss-reactive ketones (excluding diaryl/α,β-unsaturated/α-hetero) is 1. The number of halogens is 5. The maximum absolute atomic E-state index is 12.3. The monoisotopic (exact) mass is 2250 g/mol. The molecule has 7 N–H and O–H groups in total. The highest BCUT2D eigenvalue weighted by Gasteiger charge is 2.52. The summed E-state index contributed by atoms with van der Waals surface area (Å²) in [4.78, 5) is 74.6. The standard InChI is InChI=1S/C22H33BO4.C22H25N3O2.C16H21BrO2.C16H16N4.C10H10BrN3.C10H12BrN.C10H11BrO.C10H9BrO/c1-20(2,3)25-19(24)14-16-10-8-9-15-13-17(11-12-18(15)16)23-26-21(4,5)22(6,7)27-23;1-22(2,3)27-19(26)12-15-6-4-5-14-11-16(7-8-17(14)15)20-18-9-10-23-21(18)25-13-24-20;1-16(2,3)19-15(18)10-12-6-4-5-11-9-13(17)7-8-14(11)12;17-14-3-1-2-10-8-11(4-5-12(10)14)15-13-6-7-18-16(13)20-9-19-15;11-8-4-5-9-7(6-8)2-1-3-10(9)13-14-12;3*11-8-4-5-9-7(6-8)2-1-3-10(9)12/h11-13,16H,8-10,14H2,1-7H3;7-11,13,15H,4-6,12H2,1-3H3,(H,23,24,25);7-9,12H,4-6,10H2,1-3H3;4-9,14H,1-3,17H2,(H,18,19,20);4-6,10H,1-3H2;4-6,10H,1-3,12H2;4-6,10,12H,1-3H2;4-6H,1-3H2. The maximum atomic E-state index is 12.3. The number of aliphatic hydroxyl groups is 1. The summed E-state index contributed by atoms with van der Waals surface area (Å²) in [5.74, 6) is 0.750. The average molecular weight is 2260 g/mol. The number of aliphatic hydroxyl groups excluding tert-OH is 1. The first-order valence-electron chi connectivity index (χ1n) is 50.7. The van der Waals surface area contributed by atoms with Crippen LogP contribution < -0.4 is 16.9 Å². The quantitative estimate of drug-likeness (QED) is 0.0212. The average Bonchev–Trinajstić information content (AvgIpc) is 1.63. The van der Waals surface area contributed by atoms with E-state index in [4.69, 9.17) is 40.5 Å². The molecule has 27 heteroatoms. The van der Waals surface area contributed by atoms with E-state index in [1.807, 2.05) is 123 Å². The summed E-state index contributed by atoms with van der Waals surface area (Å²) in [5, 5.41) is 15.5. The predicted molar refractivity (Wildman–Crippen MR) is 590 cm³/mol. The third kappa shape index (κ3) is 29.8. The van der Waals surface area contributed by atoms with Gasteiger partial charge in [-0.2, -0.15) is 0 Å². The molecule has 8 aliphatic carbocycles. The summed E-state index contributed by atoms with van der Waals surface area (Å²) in [6, 6.07) is 55.0. The van der Waals surface area contributed by atoms with E-state index in [1.54, 1.807) is 12.7 Å². The van der Waals surface area contributed by atoms with Gasteiger partial charge in [-0.25, -0.2) is 19.9 Å². The van der Waals surface area contributed by atoms with Crippen molar-refractivity contribution in [2.45, 2.75) is 333 Å². The second-order valence-corrected chi connectivity index (χ2v) is 47.5. The van der Waals surface area contributed by atoms with Crippen molar-refractivity contribution in [1.29, 1.82) is 0 Å². The first kappa shape index (κ1) is 109. The van der Waals surface area contributed by atoms with E-state index < -0.39 is 16.8 Å². The molecule has 7 unspecified atom stereocenters. The fourth-order valence-corrected chi connectivity index (χ4v) is 22.8. The Labute approximate surface area is 885 Å². The Morgan fingerprint density at radius 1 is 0.427 bits per heavy atom. The lowest BCUT2D eigenvalue weighted by Gasteiger charge is -2.32. The molecule has 754 valence electrons. The van der Waals surface area contributed by atoms with Crippen LogP contribution in [-0.2, 0) is 89.3 Å². The minimum absolute atomic E-state index is 0.0387. The number of ether oxygens (including phenoxy) is 3. The van der Waals surface area contributed by atoms with Gasteiger partial charge < -0.3 is 50.1 Å². The van der Waals surface area contributed by atoms with E-state index in [1.165, 1.54) is 97.2 Å². The fraction of sp³-hybridized carbons (Fsp3) is 0.448. The van der Waals surface area contributed by atoms with Crippen LogP contribution in [0, 0.1) is 0 Å². The minimum Gasteiger partial charge on any atom is -0.460 e. The van der Waals surface area contributed by atoms with Crippen molar-refractivity contribution < 1.29 is 47.8 Å². The maximum Gasteiger partial charge on any atom is 0.494 e. The number of hydrogen-bond donors (Lipinski definition) is 5. The number of hydrogen-bond acceptors (Lipinski definition) is 17. The molecule has 21 nitrogen and oxygen atoms in total. The van der Waals surface area contributed by atoms with Crippen LogP contribution in [0.15, 0.2) is 210 Å². The van der Waals surface area contributed by atoms with Crippen LogP contribution >= 0.6 is 79.6 Å². The number of aromatic nitrogens is 6. The van der Waals surface area contributed by atoms with Crippen LogP contribution in [0.5, 0.6) is 0 Å². The Bertz CT molecular complexity index is 6470. The lowest BCUT2D eigenvalue weighted by molar-refractivity contribution is -0.156. The largest absolute Gasteiger partial charge is 0.494 e. The van der Waals surface area contributed by atoms with E-state index in [0.29, 0.717) is 37.4 Å². The van der Waals surface area contributed by atoms with Gasteiger partial charge in [0.15, 0.2) is 5.78 Å². The van der Waals surface area contributed by atoms with Crippen LogP contribution in [0.4, 0.5) is 0 Å². The predicted octanol–water partition coefficient (Wildman–Crippen LogP) is 29.2. The van der Waals surface area contributed by atoms with Crippen LogP contribution in [0.1, 0.15) is 348 Å². The van der Waals surface area contributed by atoms with Crippen molar-refractivity contribution in [3.63, 3.8) is 0 Å². The molecule has 143 heavy (non-hydrogen) atoms. The first-order valence-corrected chi connectivity index (χ1v) is 54.7. The van der Waals surface area contributed by atoms with Gasteiger partial charge in [-0.15, -0.1) is 0 Å². The van der Waals surface area contributed by atoms with Gasteiger partial charge in [0.1, 0.15) is 40.8 Å². The Hall–Kier alpha value is -9.35. The molecule has 0 saturated carbocycles. The van der Waals surface area contributed by atoms with Crippen molar-refractivity contribution in [3.8, 4) is 22.5 Å². The number of ketones is 1. The fourth-order valence-electron chi connectivity index (χ4n) is 20.7. The second kappa shape index (κ2) is 49.0. The van der Waals surface area contributed by atoms with Gasteiger partial charge in [0.25, 0.3) is 0 Å². The van der Waals surface area contributed by atoms with Gasteiger partial charge >= 0.3 is 25.0 Å². The van der Waals surface area contributed by atoms with Crippen molar-refractivity contribution in [2.75, 3.05) is 0 Å². The molecular formula is C116H137BBr5N11O10. The number of nitrogens with zero attached hydrogens (tertiary/aromatic N) is 7. The first-order chi connectivity index (χ1) is 68.1. The van der Waals surface area contributed by atoms with Crippen LogP contribution in [0.25, 0.3) is 55.0 Å². The third-order valence-electron chi connectivity index (χ3n) is 28.2. The number of carbonyl (C=O) groups excluding carboxylic acids is 4. The topological polar surface area (TPSA) is 319 Å². The molecule has 4 aromatic heterocycles. The highest BCUT2D eigenvalue weighted by atomic mass is 79.9. The Morgan fingerprint density at radius 2 is 0.769 bits per heavy atom. The number of benzene rings is 8. The number of carbonyl (C=O) groups is 4. The zero-order valence-electron chi connectivity index (χ0n) is 84.8. The van der Waals surface area contributed by atoms with Crippen LogP contribution in [0.2, 0.25) is 0 Å². The summed E-state index contributed by atoms with van der Waals surface area (Å²) in [6.45, 7) is 25.5. The SMILES string of the molecule is CC(C)(C)OC(=O)CC1CCCc2cc(-c3ncnc4[nH]ccc34)ccc21.CC(C)(C)OC(=O)CC1CCCc2cc(B3OC(C)(C)C(C)(C)O3)ccc21.CC(C)(C)OC(=O)CC1CCCc2cc(Br)ccc21.NC1CCCc2cc(-c3ncnc4[nH]ccc34)ccc21.NC1CCCc2cc(Br)ccc21.O=C1CCCc2cc(Br)ccc21.OC1CCCc2cc(Br)ccc21.[N-]=[N+]=NC1CCCc2cc(Br)ccc21. The minimum atomic E-state index is -0.437. The molecule has 21 rings (SSSR count). The molecule has 0 bridgehead atoms. The van der Waals surface area contributed by atoms with Gasteiger partial charge in [0.2, 0.25) is 0 Å². The molecule has 0 amide bonds. The van der Waals surface area contributed by atoms with Gasteiger partial charge in [0, 0.05) is 85.6 Å². The van der Waals surface area contributed by atoms with Gasteiger partial charge in [-0.1, -0.05) is 158 Å². The summed E-state index contributed by atoms with van der Waals surface area (Å²) in [5.41, 5.74) is 45.9. The molecule has 0 radical (unpaired) electrons. The smallest absolute Gasteiger partial charge is 0.460 e. The lowest BCUT2D eigenvalue weighted by atomic mass is 9.73. The summed E-state index contributed by atoms with van der Waals surface area (Å²) in [6.07, 6.45) is 33.7. The van der Waals surface area contributed by atoms with Crippen LogP contribution in [0.3, 0.4) is 0 Å². The number of azide groups is 1. The molecule has 1 fully saturated rings. The molecule has 7 atom stereocenters. The van der Waals surface area contributed by atoms with Gasteiger partial charge in [-0.05, 0) is 435 Å². The molecule has 1 saturated heterocycles. The van der Waals surface area contributed by atoms with Crippen molar-refractivity contribution in [1.82, 2.24) is 29.9 Å². The van der Waals surface area contributed by atoms with Gasteiger partial charge in [-0.3, -0.25) is 19.2 Å². The van der Waals surface area contributed by atoms with E-state index in [9.17, 15) is 24.3 Å². The number of aryl methyl sites for hydroxylation is 8. The molecule has 5 heterocycles. The summed E-state index contributed by atoms with van der Waals surface area (Å²) in [7, 11) is -0.341. The normalized spacial score (nSPS) is 19.7. The highest BCUT2D eigenvalue weighted by molar-refractivity contribution is 9.11. The number of nitrogens with two attached hydrogens (primary N) is 2. The molecule has 8 aromatic carbocycles. The van der Waals surface area contributed by atoms with E-state index in [-0.39, 0.29) is 72.3 Å². The zero-order chi connectivity index (χ0) is 102. The van der Waals surface area contributed by atoms with E-state index in [0.717, 1.165) is 212 Å². The molecule has 9 aliphatic rings. The number of nitrogens with one attached hydrogen (secondary N) is 2. The van der Waals surface area contributed by atoms with Crippen LogP contribution in [-0.4, -0.2) is 93.8 Å². The number of rotatable bonds is 10. The highest BCUT2D eigenvalue weighted by Crippen LogP contribution is 2.44. The molecule has 1 aliphatic heterocycles. The van der Waals surface area contributed by atoms with Gasteiger partial charge in [0.05, 0.1) is 54.0 Å².